The number of alkyl halides is 1. The van der Waals surface area contributed by atoms with E-state index in [2.05, 4.69) is 17.2 Å². The highest BCUT2D eigenvalue weighted by Crippen LogP contribution is 2.45. The highest BCUT2D eigenvalue weighted by molar-refractivity contribution is 6.30. The van der Waals surface area contributed by atoms with E-state index >= 15 is 0 Å². The molecule has 238 valence electrons. The quantitative estimate of drug-likeness (QED) is 0.341. The van der Waals surface area contributed by atoms with Gasteiger partial charge in [-0.15, -0.1) is 0 Å². The number of aliphatic imine (C=N–C) groups is 1. The van der Waals surface area contributed by atoms with Gasteiger partial charge >= 0.3 is 0 Å². The van der Waals surface area contributed by atoms with Gasteiger partial charge in [-0.2, -0.15) is 0 Å². The molecule has 0 radical (unpaired) electrons. The maximum Gasteiger partial charge on any atom is 0.265 e. The van der Waals surface area contributed by atoms with Crippen molar-refractivity contribution in [3.63, 3.8) is 0 Å². The van der Waals surface area contributed by atoms with Gasteiger partial charge in [-0.3, -0.25) is 23.9 Å². The normalized spacial score (nSPS) is 21.0. The first-order chi connectivity index (χ1) is 21.6. The molecule has 1 aromatic carbocycles. The maximum atomic E-state index is 14.3. The maximum absolute atomic E-state index is 14.3. The zero-order valence-corrected chi connectivity index (χ0v) is 26.5. The van der Waals surface area contributed by atoms with Crippen LogP contribution in [-0.4, -0.2) is 63.9 Å². The van der Waals surface area contributed by atoms with Gasteiger partial charge in [-0.1, -0.05) is 43.5 Å². The van der Waals surface area contributed by atoms with Gasteiger partial charge in [-0.05, 0) is 61.9 Å². The van der Waals surface area contributed by atoms with Gasteiger partial charge in [0, 0.05) is 47.7 Å². The molecule has 2 amide bonds. The van der Waals surface area contributed by atoms with Crippen LogP contribution in [0.15, 0.2) is 46.3 Å². The summed E-state index contributed by atoms with van der Waals surface area (Å²) in [6, 6.07) is 8.69. The van der Waals surface area contributed by atoms with Crippen LogP contribution >= 0.6 is 11.6 Å². The Bertz CT molecular complexity index is 1690. The first-order valence-electron chi connectivity index (χ1n) is 15.9. The minimum atomic E-state index is -1.45. The van der Waals surface area contributed by atoms with Crippen molar-refractivity contribution in [1.29, 1.82) is 0 Å². The lowest BCUT2D eigenvalue weighted by atomic mass is 9.81. The molecule has 0 saturated carbocycles. The van der Waals surface area contributed by atoms with E-state index in [1.165, 1.54) is 16.4 Å². The van der Waals surface area contributed by atoms with Crippen LogP contribution in [0.3, 0.4) is 0 Å². The number of ether oxygens (including phenoxy) is 1. The average molecular weight is 636 g/mol. The molecule has 3 aliphatic rings. The number of amides is 2. The predicted octanol–water partition coefficient (Wildman–Crippen LogP) is 5.73. The number of fused-ring (bicyclic) bond motifs is 3. The molecule has 2 aromatic heterocycles. The Kier molecular flexibility index (Phi) is 9.06. The van der Waals surface area contributed by atoms with Crippen LogP contribution < -0.4 is 10.9 Å². The number of carbonyl (C=O) groups excluding carboxylic acids is 2. The van der Waals surface area contributed by atoms with Gasteiger partial charge in [0.05, 0.1) is 25.0 Å². The molecule has 0 aliphatic carbocycles. The second-order valence-corrected chi connectivity index (χ2v) is 13.1. The van der Waals surface area contributed by atoms with E-state index in [0.29, 0.717) is 22.7 Å². The number of halogens is 2. The lowest BCUT2D eigenvalue weighted by molar-refractivity contribution is -0.144. The minimum absolute atomic E-state index is 0.00538. The summed E-state index contributed by atoms with van der Waals surface area (Å²) in [6.07, 6.45) is 7.44. The number of hydrogen-bond donors (Lipinski definition) is 1. The highest BCUT2D eigenvalue weighted by Gasteiger charge is 2.42. The molecule has 5 heterocycles. The molecule has 3 aromatic rings. The molecule has 6 rings (SSSR count). The van der Waals surface area contributed by atoms with Gasteiger partial charge in [0.15, 0.2) is 0 Å². The Morgan fingerprint density at radius 1 is 1.16 bits per heavy atom. The molecule has 0 bridgehead atoms. The van der Waals surface area contributed by atoms with Gasteiger partial charge in [0.1, 0.15) is 23.4 Å². The summed E-state index contributed by atoms with van der Waals surface area (Å²) in [4.78, 5) is 51.9. The van der Waals surface area contributed by atoms with E-state index < -0.39 is 23.0 Å². The van der Waals surface area contributed by atoms with E-state index in [1.54, 1.807) is 36.5 Å². The molecule has 2 saturated heterocycles. The van der Waals surface area contributed by atoms with E-state index in [4.69, 9.17) is 21.3 Å². The van der Waals surface area contributed by atoms with Crippen molar-refractivity contribution < 1.29 is 18.7 Å². The fourth-order valence-corrected chi connectivity index (χ4v) is 6.94. The average Bonchev–Trinajstić information content (AvgIpc) is 3.35. The third kappa shape index (κ3) is 6.53. The largest absolute Gasteiger partial charge is 0.381 e. The smallest absolute Gasteiger partial charge is 0.265 e. The number of pyridine rings is 2. The Hall–Kier alpha value is -3.63. The Morgan fingerprint density at radius 3 is 2.67 bits per heavy atom. The van der Waals surface area contributed by atoms with Gasteiger partial charge in [-0.25, -0.2) is 9.37 Å². The molecular weight excluding hydrogens is 597 g/mol. The Balaban J connectivity index is 1.41. The second kappa shape index (κ2) is 13.0. The first kappa shape index (κ1) is 31.4. The molecule has 0 spiro atoms. The van der Waals surface area contributed by atoms with Crippen LogP contribution in [0, 0.1) is 5.92 Å². The van der Waals surface area contributed by atoms with Crippen LogP contribution in [0.2, 0.25) is 5.02 Å². The van der Waals surface area contributed by atoms with Gasteiger partial charge in [0.25, 0.3) is 11.5 Å². The van der Waals surface area contributed by atoms with E-state index in [0.717, 1.165) is 67.7 Å². The van der Waals surface area contributed by atoms with Crippen molar-refractivity contribution in [2.45, 2.75) is 77.0 Å². The molecule has 9 nitrogen and oxygen atoms in total. The summed E-state index contributed by atoms with van der Waals surface area (Å²) >= 11 is 6.01. The van der Waals surface area contributed by atoms with Crippen molar-refractivity contribution in [3.8, 4) is 0 Å². The van der Waals surface area contributed by atoms with E-state index in [-0.39, 0.29) is 43.6 Å². The Morgan fingerprint density at radius 2 is 1.93 bits per heavy atom. The van der Waals surface area contributed by atoms with Crippen molar-refractivity contribution in [2.75, 3.05) is 26.3 Å². The Labute approximate surface area is 266 Å². The molecule has 45 heavy (non-hydrogen) atoms. The van der Waals surface area contributed by atoms with Crippen molar-refractivity contribution in [3.05, 3.63) is 68.6 Å². The van der Waals surface area contributed by atoms with Crippen LogP contribution in [0.25, 0.3) is 11.0 Å². The number of nitrogens with one attached hydrogen (secondary N) is 1. The second-order valence-electron chi connectivity index (χ2n) is 12.7. The lowest BCUT2D eigenvalue weighted by Crippen LogP contribution is -2.60. The number of nitrogens with zero attached hydrogens (tertiary/aromatic N) is 4. The molecule has 2 atom stereocenters. The van der Waals surface area contributed by atoms with Gasteiger partial charge < -0.3 is 15.0 Å². The summed E-state index contributed by atoms with van der Waals surface area (Å²) in [6.45, 7) is 4.82. The molecular formula is C34H39ClFN5O4. The SMILES string of the molecule is CCCC1C(C2CCCCOCC2)=Nc2cnc3c(cc(C(=O)NCc4ccc(Cl)cc4)c(=O)n3CC(=O)N3CC(C)(F)C3)c21. The van der Waals surface area contributed by atoms with Crippen LogP contribution in [0.4, 0.5) is 10.1 Å². The standard InChI is InChI=1S/C34H39ClFN5O4/c1-3-6-24-29-25-15-26(32(43)38-16-21-8-10-23(35)11-9-21)33(44)41(18-28(42)40-19-34(2,36)20-40)31(25)37-17-27(29)39-30(24)22-7-4-5-13-45-14-12-22/h8-11,15,17,22,24H,3-7,12-14,16,18-20H2,1-2H3,(H,38,43). The fraction of sp³-hybridized carbons (Fsp3) is 0.500. The first-order valence-corrected chi connectivity index (χ1v) is 16.2. The number of aromatic nitrogens is 2. The molecule has 1 N–H and O–H groups in total. The number of carbonyl (C=O) groups is 2. The fourth-order valence-electron chi connectivity index (χ4n) is 6.81. The lowest BCUT2D eigenvalue weighted by Gasteiger charge is -2.42. The third-order valence-electron chi connectivity index (χ3n) is 9.09. The topological polar surface area (TPSA) is 106 Å². The molecule has 2 fully saturated rings. The van der Waals surface area contributed by atoms with Crippen molar-refractivity contribution in [2.24, 2.45) is 10.9 Å². The van der Waals surface area contributed by atoms with Crippen molar-refractivity contribution >= 4 is 45.8 Å². The number of likely N-dealkylation sites (tertiary alicyclic amines) is 1. The van der Waals surface area contributed by atoms with Crippen LogP contribution in [0.1, 0.15) is 79.8 Å². The minimum Gasteiger partial charge on any atom is -0.381 e. The zero-order chi connectivity index (χ0) is 31.7. The molecule has 3 aliphatic heterocycles. The van der Waals surface area contributed by atoms with Gasteiger partial charge in [0.2, 0.25) is 5.91 Å². The summed E-state index contributed by atoms with van der Waals surface area (Å²) in [5, 5.41) is 4.07. The number of rotatable bonds is 8. The van der Waals surface area contributed by atoms with Crippen LogP contribution in [-0.2, 0) is 22.6 Å². The summed E-state index contributed by atoms with van der Waals surface area (Å²) in [5.41, 5.74) is 1.77. The summed E-state index contributed by atoms with van der Waals surface area (Å²) in [7, 11) is 0. The molecule has 11 heteroatoms. The van der Waals surface area contributed by atoms with E-state index in [9.17, 15) is 18.8 Å². The van der Waals surface area contributed by atoms with Crippen molar-refractivity contribution in [1.82, 2.24) is 19.8 Å². The third-order valence-corrected chi connectivity index (χ3v) is 9.34. The summed E-state index contributed by atoms with van der Waals surface area (Å²) < 4.78 is 21.3. The number of hydrogen-bond acceptors (Lipinski definition) is 6. The summed E-state index contributed by atoms with van der Waals surface area (Å²) in [5.74, 6) is -0.695. The van der Waals surface area contributed by atoms with Crippen LogP contribution in [0.5, 0.6) is 0 Å². The predicted molar refractivity (Wildman–Crippen MR) is 172 cm³/mol. The monoisotopic (exact) mass is 635 g/mol. The number of benzene rings is 1. The highest BCUT2D eigenvalue weighted by atomic mass is 35.5. The van der Waals surface area contributed by atoms with E-state index in [1.807, 2.05) is 0 Å². The molecule has 2 unspecified atom stereocenters. The zero-order valence-electron chi connectivity index (χ0n) is 25.8.